The molecule has 0 aromatic heterocycles. The van der Waals surface area contributed by atoms with E-state index >= 15 is 0 Å². The Morgan fingerprint density at radius 2 is 1.65 bits per heavy atom. The van der Waals surface area contributed by atoms with Gasteiger partial charge in [0, 0.05) is 25.8 Å². The minimum Gasteiger partial charge on any atom is -0.452 e. The number of allylic oxidation sites excluding steroid dienone is 1. The molecule has 1 heterocycles. The molecule has 0 atom stereocenters. The Morgan fingerprint density at radius 1 is 0.968 bits per heavy atom. The number of hydrogen-bond donors (Lipinski definition) is 0. The lowest BCUT2D eigenvalue weighted by atomic mass is 10.0. The number of ketones is 1. The Labute approximate surface area is 181 Å². The van der Waals surface area contributed by atoms with Crippen molar-refractivity contribution in [2.24, 2.45) is 0 Å². The smallest absolute Gasteiger partial charge is 0.343 e. The SMILES string of the molecule is Cc1ccc(C(=O)Oc2cc(C)c3c(c2)O/C(=C\c2ccc(N(C)C)cc2)C3=O)cc1. The van der Waals surface area contributed by atoms with Gasteiger partial charge in [-0.05, 0) is 61.4 Å². The number of carbonyl (C=O) groups excluding carboxylic acids is 2. The molecule has 1 aliphatic rings. The van der Waals surface area contributed by atoms with Crippen LogP contribution in [0.1, 0.15) is 37.4 Å². The fourth-order valence-electron chi connectivity index (χ4n) is 3.41. The zero-order valence-corrected chi connectivity index (χ0v) is 17.9. The average Bonchev–Trinajstić information content (AvgIpc) is 3.04. The highest BCUT2D eigenvalue weighted by Crippen LogP contribution is 2.37. The zero-order valence-electron chi connectivity index (χ0n) is 17.9. The highest BCUT2D eigenvalue weighted by molar-refractivity contribution is 6.15. The normalized spacial score (nSPS) is 13.7. The molecule has 3 aromatic rings. The first-order chi connectivity index (χ1) is 14.8. The quantitative estimate of drug-likeness (QED) is 0.334. The fraction of sp³-hybridized carbons (Fsp3) is 0.154. The number of ether oxygens (including phenoxy) is 2. The number of carbonyl (C=O) groups is 2. The second-order valence-electron chi connectivity index (χ2n) is 7.79. The third kappa shape index (κ3) is 4.21. The van der Waals surface area contributed by atoms with Crippen molar-refractivity contribution in [1.29, 1.82) is 0 Å². The molecule has 0 aliphatic carbocycles. The van der Waals surface area contributed by atoms with Crippen molar-refractivity contribution in [2.45, 2.75) is 13.8 Å². The van der Waals surface area contributed by atoms with Crippen molar-refractivity contribution in [3.63, 3.8) is 0 Å². The van der Waals surface area contributed by atoms with Gasteiger partial charge in [0.2, 0.25) is 5.78 Å². The van der Waals surface area contributed by atoms with Crippen LogP contribution >= 0.6 is 0 Å². The van der Waals surface area contributed by atoms with E-state index in [1.807, 2.05) is 62.3 Å². The molecule has 0 fully saturated rings. The van der Waals surface area contributed by atoms with Gasteiger partial charge in [-0.3, -0.25) is 4.79 Å². The van der Waals surface area contributed by atoms with Crippen LogP contribution in [0.4, 0.5) is 5.69 Å². The van der Waals surface area contributed by atoms with Crippen LogP contribution < -0.4 is 14.4 Å². The maximum absolute atomic E-state index is 12.9. The molecule has 0 saturated carbocycles. The van der Waals surface area contributed by atoms with Gasteiger partial charge in [0.1, 0.15) is 11.5 Å². The molecular weight excluding hydrogens is 390 g/mol. The van der Waals surface area contributed by atoms with Crippen molar-refractivity contribution in [2.75, 3.05) is 19.0 Å². The van der Waals surface area contributed by atoms with E-state index in [1.165, 1.54) is 0 Å². The molecule has 0 radical (unpaired) electrons. The molecule has 0 unspecified atom stereocenters. The number of hydrogen-bond acceptors (Lipinski definition) is 5. The van der Waals surface area contributed by atoms with Gasteiger partial charge >= 0.3 is 5.97 Å². The summed E-state index contributed by atoms with van der Waals surface area (Å²) in [7, 11) is 3.94. The summed E-state index contributed by atoms with van der Waals surface area (Å²) < 4.78 is 11.4. The summed E-state index contributed by atoms with van der Waals surface area (Å²) in [6.07, 6.45) is 1.72. The van der Waals surface area contributed by atoms with Gasteiger partial charge in [-0.25, -0.2) is 4.79 Å². The Kier molecular flexibility index (Phi) is 5.34. The van der Waals surface area contributed by atoms with Gasteiger partial charge in [0.05, 0.1) is 11.1 Å². The first-order valence-electron chi connectivity index (χ1n) is 9.97. The standard InChI is InChI=1S/C26H23NO4/c1-16-5-9-19(10-6-16)26(29)30-21-13-17(2)24-22(15-21)31-23(25(24)28)14-18-7-11-20(12-8-18)27(3)4/h5-15H,1-4H3/b23-14-. The number of benzene rings is 3. The molecule has 5 heteroatoms. The van der Waals surface area contributed by atoms with E-state index in [0.29, 0.717) is 28.2 Å². The predicted molar refractivity (Wildman–Crippen MR) is 121 cm³/mol. The molecule has 5 nitrogen and oxygen atoms in total. The summed E-state index contributed by atoms with van der Waals surface area (Å²) in [5, 5.41) is 0. The van der Waals surface area contributed by atoms with Crippen LogP contribution in [0.3, 0.4) is 0 Å². The van der Waals surface area contributed by atoms with Gasteiger partial charge in [-0.15, -0.1) is 0 Å². The van der Waals surface area contributed by atoms with E-state index in [1.54, 1.807) is 37.3 Å². The van der Waals surface area contributed by atoms with Crippen molar-refractivity contribution in [1.82, 2.24) is 0 Å². The van der Waals surface area contributed by atoms with E-state index in [4.69, 9.17) is 9.47 Å². The van der Waals surface area contributed by atoms with Gasteiger partial charge in [-0.2, -0.15) is 0 Å². The van der Waals surface area contributed by atoms with Crippen LogP contribution in [0, 0.1) is 13.8 Å². The van der Waals surface area contributed by atoms with Gasteiger partial charge in [-0.1, -0.05) is 29.8 Å². The third-order valence-electron chi connectivity index (χ3n) is 5.15. The van der Waals surface area contributed by atoms with E-state index in [0.717, 1.165) is 16.8 Å². The summed E-state index contributed by atoms with van der Waals surface area (Å²) in [6.45, 7) is 3.76. The maximum Gasteiger partial charge on any atom is 0.343 e. The lowest BCUT2D eigenvalue weighted by Gasteiger charge is -2.11. The monoisotopic (exact) mass is 413 g/mol. The molecule has 156 valence electrons. The predicted octanol–water partition coefficient (Wildman–Crippen LogP) is 5.20. The fourth-order valence-corrected chi connectivity index (χ4v) is 3.41. The van der Waals surface area contributed by atoms with Gasteiger partial charge in [0.15, 0.2) is 5.76 Å². The highest BCUT2D eigenvalue weighted by atomic mass is 16.5. The number of esters is 1. The van der Waals surface area contributed by atoms with Crippen LogP contribution in [0.5, 0.6) is 11.5 Å². The van der Waals surface area contributed by atoms with Crippen LogP contribution in [0.15, 0.2) is 66.4 Å². The lowest BCUT2D eigenvalue weighted by molar-refractivity contribution is 0.0734. The Morgan fingerprint density at radius 3 is 2.29 bits per heavy atom. The average molecular weight is 413 g/mol. The van der Waals surface area contributed by atoms with Crippen LogP contribution in [-0.2, 0) is 0 Å². The van der Waals surface area contributed by atoms with E-state index in [9.17, 15) is 9.59 Å². The Balaban J connectivity index is 1.57. The molecular formula is C26H23NO4. The summed E-state index contributed by atoms with van der Waals surface area (Å²) in [6, 6.07) is 18.2. The second kappa shape index (κ2) is 8.11. The number of nitrogens with zero attached hydrogens (tertiary/aromatic N) is 1. The first kappa shape index (κ1) is 20.4. The number of rotatable bonds is 4. The van der Waals surface area contributed by atoms with Crippen molar-refractivity contribution >= 4 is 23.5 Å². The molecule has 0 amide bonds. The number of Topliss-reactive ketones (excluding diaryl/α,β-unsaturated/α-hetero) is 1. The van der Waals surface area contributed by atoms with Crippen LogP contribution in [0.2, 0.25) is 0 Å². The highest BCUT2D eigenvalue weighted by Gasteiger charge is 2.30. The van der Waals surface area contributed by atoms with Crippen molar-refractivity contribution < 1.29 is 19.1 Å². The molecule has 31 heavy (non-hydrogen) atoms. The maximum atomic E-state index is 12.9. The zero-order chi connectivity index (χ0) is 22.1. The van der Waals surface area contributed by atoms with Crippen LogP contribution in [-0.4, -0.2) is 25.8 Å². The minimum absolute atomic E-state index is 0.180. The molecule has 0 N–H and O–H groups in total. The second-order valence-corrected chi connectivity index (χ2v) is 7.79. The van der Waals surface area contributed by atoms with E-state index in [2.05, 4.69) is 0 Å². The number of aryl methyl sites for hydroxylation is 2. The largest absolute Gasteiger partial charge is 0.452 e. The van der Waals surface area contributed by atoms with Crippen molar-refractivity contribution in [3.05, 3.63) is 94.2 Å². The third-order valence-corrected chi connectivity index (χ3v) is 5.15. The Bertz CT molecular complexity index is 1190. The van der Waals surface area contributed by atoms with Crippen LogP contribution in [0.25, 0.3) is 6.08 Å². The molecule has 1 aliphatic heterocycles. The number of anilines is 1. The summed E-state index contributed by atoms with van der Waals surface area (Å²) in [4.78, 5) is 27.3. The van der Waals surface area contributed by atoms with Crippen molar-refractivity contribution in [3.8, 4) is 11.5 Å². The minimum atomic E-state index is -0.458. The molecule has 0 spiro atoms. The van der Waals surface area contributed by atoms with Gasteiger partial charge < -0.3 is 14.4 Å². The topological polar surface area (TPSA) is 55.8 Å². The van der Waals surface area contributed by atoms with Gasteiger partial charge in [0.25, 0.3) is 0 Å². The lowest BCUT2D eigenvalue weighted by Crippen LogP contribution is -2.08. The number of fused-ring (bicyclic) bond motifs is 1. The molecule has 0 saturated heterocycles. The Hall–Kier alpha value is -3.86. The molecule has 4 rings (SSSR count). The summed E-state index contributed by atoms with van der Waals surface area (Å²) in [5.74, 6) is 0.345. The van der Waals surface area contributed by atoms with E-state index < -0.39 is 5.97 Å². The first-order valence-corrected chi connectivity index (χ1v) is 9.97. The summed E-state index contributed by atoms with van der Waals surface area (Å²) >= 11 is 0. The molecule has 0 bridgehead atoms. The van der Waals surface area contributed by atoms with E-state index in [-0.39, 0.29) is 11.5 Å². The molecule has 3 aromatic carbocycles. The summed E-state index contributed by atoms with van der Waals surface area (Å²) in [5.41, 5.74) is 4.65.